The van der Waals surface area contributed by atoms with Gasteiger partial charge in [0.15, 0.2) is 0 Å². The molecule has 0 radical (unpaired) electrons. The molecule has 5 heteroatoms. The minimum Gasteiger partial charge on any atom is -0.409 e. The van der Waals surface area contributed by atoms with E-state index in [2.05, 4.69) is 17.0 Å². The molecule has 1 saturated heterocycles. The molecule has 112 valence electrons. The summed E-state index contributed by atoms with van der Waals surface area (Å²) >= 11 is 0. The fraction of sp³-hybridized carbons (Fsp3) is 0.929. The first-order valence-corrected chi connectivity index (χ1v) is 7.31. The molecule has 0 aromatic carbocycles. The Morgan fingerprint density at radius 1 is 1.53 bits per heavy atom. The summed E-state index contributed by atoms with van der Waals surface area (Å²) in [4.78, 5) is 2.46. The fourth-order valence-electron chi connectivity index (χ4n) is 2.60. The van der Waals surface area contributed by atoms with Gasteiger partial charge >= 0.3 is 0 Å². The first-order chi connectivity index (χ1) is 8.99. The molecule has 1 aliphatic heterocycles. The molecule has 0 amide bonds. The molecule has 1 unspecified atom stereocenters. The van der Waals surface area contributed by atoms with Crippen molar-refractivity contribution in [3.05, 3.63) is 0 Å². The first kappa shape index (κ1) is 16.2. The fourth-order valence-corrected chi connectivity index (χ4v) is 2.60. The Morgan fingerprint density at radius 3 is 2.89 bits per heavy atom. The van der Waals surface area contributed by atoms with Crippen LogP contribution in [0.4, 0.5) is 0 Å². The molecule has 1 atom stereocenters. The smallest absolute Gasteiger partial charge is 0.144 e. The van der Waals surface area contributed by atoms with Crippen LogP contribution in [-0.4, -0.2) is 48.3 Å². The molecule has 1 aliphatic rings. The van der Waals surface area contributed by atoms with Crippen molar-refractivity contribution in [2.24, 2.45) is 16.3 Å². The van der Waals surface area contributed by atoms with Crippen molar-refractivity contribution >= 4 is 5.84 Å². The molecule has 5 nitrogen and oxygen atoms in total. The van der Waals surface area contributed by atoms with E-state index >= 15 is 0 Å². The predicted molar refractivity (Wildman–Crippen MR) is 77.5 cm³/mol. The molecule has 1 heterocycles. The highest BCUT2D eigenvalue weighted by Crippen LogP contribution is 2.23. The van der Waals surface area contributed by atoms with E-state index in [1.54, 1.807) is 0 Å². The Kier molecular flexibility index (Phi) is 6.58. The van der Waals surface area contributed by atoms with Crippen molar-refractivity contribution < 1.29 is 9.94 Å². The number of amidine groups is 1. The summed E-state index contributed by atoms with van der Waals surface area (Å²) in [5, 5.41) is 11.9. The third-order valence-electron chi connectivity index (χ3n) is 3.94. The van der Waals surface area contributed by atoms with Gasteiger partial charge in [-0.25, -0.2) is 0 Å². The molecule has 0 spiro atoms. The minimum absolute atomic E-state index is 0.232. The van der Waals surface area contributed by atoms with E-state index < -0.39 is 0 Å². The van der Waals surface area contributed by atoms with Crippen LogP contribution in [0.2, 0.25) is 0 Å². The third-order valence-corrected chi connectivity index (χ3v) is 3.94. The number of likely N-dealkylation sites (tertiary alicyclic amines) is 1. The van der Waals surface area contributed by atoms with Crippen LogP contribution >= 0.6 is 0 Å². The van der Waals surface area contributed by atoms with Crippen LogP contribution in [-0.2, 0) is 4.74 Å². The van der Waals surface area contributed by atoms with Crippen molar-refractivity contribution in [1.82, 2.24) is 4.90 Å². The van der Waals surface area contributed by atoms with Gasteiger partial charge in [-0.15, -0.1) is 0 Å². The number of hydrogen-bond donors (Lipinski definition) is 2. The number of rotatable bonds is 7. The second-order valence-corrected chi connectivity index (χ2v) is 5.99. The van der Waals surface area contributed by atoms with Crippen LogP contribution in [0, 0.1) is 5.41 Å². The Labute approximate surface area is 116 Å². The molecular weight excluding hydrogens is 242 g/mol. The molecule has 0 aromatic heterocycles. The number of ether oxygens (including phenoxy) is 1. The summed E-state index contributed by atoms with van der Waals surface area (Å²) in [6, 6.07) is 0. The topological polar surface area (TPSA) is 71.1 Å². The van der Waals surface area contributed by atoms with Crippen LogP contribution in [0.5, 0.6) is 0 Å². The van der Waals surface area contributed by atoms with E-state index in [0.717, 1.165) is 39.1 Å². The van der Waals surface area contributed by atoms with Crippen LogP contribution in [0.3, 0.4) is 0 Å². The molecule has 1 fully saturated rings. The number of oxime groups is 1. The summed E-state index contributed by atoms with van der Waals surface area (Å²) in [7, 11) is 0. The average molecular weight is 271 g/mol. The summed E-state index contributed by atoms with van der Waals surface area (Å²) in [5.74, 6) is 0.318. The van der Waals surface area contributed by atoms with Crippen molar-refractivity contribution in [2.45, 2.75) is 52.6 Å². The molecule has 0 aliphatic carbocycles. The lowest BCUT2D eigenvalue weighted by Gasteiger charge is -2.33. The maximum absolute atomic E-state index is 8.75. The van der Waals surface area contributed by atoms with Gasteiger partial charge in [-0.1, -0.05) is 19.0 Å². The summed E-state index contributed by atoms with van der Waals surface area (Å²) < 4.78 is 5.70. The van der Waals surface area contributed by atoms with Gasteiger partial charge in [0.1, 0.15) is 5.84 Å². The van der Waals surface area contributed by atoms with Crippen LogP contribution in [0.25, 0.3) is 0 Å². The van der Waals surface area contributed by atoms with Crippen LogP contribution < -0.4 is 5.73 Å². The molecule has 19 heavy (non-hydrogen) atoms. The maximum Gasteiger partial charge on any atom is 0.144 e. The summed E-state index contributed by atoms with van der Waals surface area (Å²) in [6.45, 7) is 10.1. The van der Waals surface area contributed by atoms with E-state index in [1.807, 2.05) is 13.8 Å². The van der Waals surface area contributed by atoms with Crippen molar-refractivity contribution in [1.29, 1.82) is 0 Å². The number of nitrogens with zero attached hydrogens (tertiary/aromatic N) is 2. The summed E-state index contributed by atoms with van der Waals surface area (Å²) in [5.41, 5.74) is 5.47. The first-order valence-electron chi connectivity index (χ1n) is 7.31. The lowest BCUT2D eigenvalue weighted by atomic mass is 9.86. The van der Waals surface area contributed by atoms with Gasteiger partial charge in [-0.2, -0.15) is 0 Å². The molecular formula is C14H29N3O2. The van der Waals surface area contributed by atoms with Gasteiger partial charge in [-0.3, -0.25) is 0 Å². The third kappa shape index (κ3) is 5.37. The average Bonchev–Trinajstić information content (AvgIpc) is 2.38. The Hall–Kier alpha value is -0.810. The standard InChI is InChI=1S/C14H29N3O2/c1-4-19-12-7-5-9-17(11-12)10-6-8-14(2,3)13(15)16-18/h12,18H,4-11H2,1-3H3,(H2,15,16). The van der Waals surface area contributed by atoms with E-state index in [4.69, 9.17) is 15.7 Å². The molecule has 0 saturated carbocycles. The van der Waals surface area contributed by atoms with Crippen molar-refractivity contribution in [3.8, 4) is 0 Å². The van der Waals surface area contributed by atoms with E-state index in [9.17, 15) is 0 Å². The molecule has 0 aromatic rings. The highest BCUT2D eigenvalue weighted by Gasteiger charge is 2.24. The Morgan fingerprint density at radius 2 is 2.26 bits per heavy atom. The maximum atomic E-state index is 8.75. The van der Waals surface area contributed by atoms with Crippen LogP contribution in [0.15, 0.2) is 5.16 Å². The lowest BCUT2D eigenvalue weighted by molar-refractivity contribution is 0.00526. The second kappa shape index (κ2) is 7.70. The van der Waals surface area contributed by atoms with E-state index in [0.29, 0.717) is 11.9 Å². The zero-order valence-electron chi connectivity index (χ0n) is 12.6. The quantitative estimate of drug-likeness (QED) is 0.322. The van der Waals surface area contributed by atoms with Crippen molar-refractivity contribution in [3.63, 3.8) is 0 Å². The monoisotopic (exact) mass is 271 g/mol. The Bertz CT molecular complexity index is 290. The van der Waals surface area contributed by atoms with Gasteiger partial charge in [0.25, 0.3) is 0 Å². The lowest BCUT2D eigenvalue weighted by Crippen LogP contribution is -2.40. The minimum atomic E-state index is -0.232. The largest absolute Gasteiger partial charge is 0.409 e. The van der Waals surface area contributed by atoms with Gasteiger partial charge in [-0.05, 0) is 45.7 Å². The zero-order chi connectivity index (χ0) is 14.3. The van der Waals surface area contributed by atoms with Gasteiger partial charge in [0, 0.05) is 18.6 Å². The second-order valence-electron chi connectivity index (χ2n) is 5.99. The van der Waals surface area contributed by atoms with Crippen LogP contribution in [0.1, 0.15) is 46.5 Å². The number of nitrogens with two attached hydrogens (primary N) is 1. The molecule has 1 rings (SSSR count). The zero-order valence-corrected chi connectivity index (χ0v) is 12.6. The van der Waals surface area contributed by atoms with Gasteiger partial charge < -0.3 is 20.6 Å². The van der Waals surface area contributed by atoms with Gasteiger partial charge in [0.05, 0.1) is 6.10 Å². The molecule has 0 bridgehead atoms. The highest BCUT2D eigenvalue weighted by atomic mass is 16.5. The summed E-state index contributed by atoms with van der Waals surface area (Å²) in [6.07, 6.45) is 4.78. The Balaban J connectivity index is 2.29. The molecule has 3 N–H and O–H groups in total. The highest BCUT2D eigenvalue weighted by molar-refractivity contribution is 5.85. The van der Waals surface area contributed by atoms with E-state index in [-0.39, 0.29) is 5.41 Å². The van der Waals surface area contributed by atoms with Crippen molar-refractivity contribution in [2.75, 3.05) is 26.2 Å². The van der Waals surface area contributed by atoms with E-state index in [1.165, 1.54) is 12.8 Å². The SMILES string of the molecule is CCOC1CCCN(CCCC(C)(C)C(N)=NO)C1. The predicted octanol–water partition coefficient (Wildman–Crippen LogP) is 2.04. The van der Waals surface area contributed by atoms with Gasteiger partial charge in [0.2, 0.25) is 0 Å². The normalized spacial score (nSPS) is 22.7. The number of piperidine rings is 1. The number of hydrogen-bond acceptors (Lipinski definition) is 4.